The van der Waals surface area contributed by atoms with Crippen LogP contribution in [-0.4, -0.2) is 41.9 Å². The maximum absolute atomic E-state index is 12.5. The first-order valence-corrected chi connectivity index (χ1v) is 7.76. The second-order valence-electron chi connectivity index (χ2n) is 5.72. The number of carboxylic acid groups (broad SMARTS) is 1. The molecule has 0 spiro atoms. The predicted octanol–water partition coefficient (Wildman–Crippen LogP) is 1.86. The minimum atomic E-state index is -1.19. The number of morpholine rings is 1. The summed E-state index contributed by atoms with van der Waals surface area (Å²) in [4.78, 5) is 26.0. The van der Waals surface area contributed by atoms with Gasteiger partial charge in [-0.3, -0.25) is 4.79 Å². The SMILES string of the molecule is CCn1cc(C(=O)O)c(=O)c2cc(C)c(N3CCOCC3)cc21. The molecule has 0 aliphatic carbocycles. The van der Waals surface area contributed by atoms with Crippen LogP contribution in [0.15, 0.2) is 23.1 Å². The van der Waals surface area contributed by atoms with Crippen molar-refractivity contribution in [1.29, 1.82) is 0 Å². The molecule has 2 aromatic rings. The maximum Gasteiger partial charge on any atom is 0.341 e. The number of carbonyl (C=O) groups is 1. The fourth-order valence-electron chi connectivity index (χ4n) is 3.09. The highest BCUT2D eigenvalue weighted by Gasteiger charge is 2.18. The van der Waals surface area contributed by atoms with Crippen LogP contribution >= 0.6 is 0 Å². The molecule has 1 aliphatic rings. The molecule has 0 amide bonds. The number of anilines is 1. The second-order valence-corrected chi connectivity index (χ2v) is 5.72. The Morgan fingerprint density at radius 1 is 1.30 bits per heavy atom. The Bertz CT molecular complexity index is 819. The molecular weight excluding hydrogens is 296 g/mol. The highest BCUT2D eigenvalue weighted by atomic mass is 16.5. The topological polar surface area (TPSA) is 71.8 Å². The highest BCUT2D eigenvalue weighted by Crippen LogP contribution is 2.26. The van der Waals surface area contributed by atoms with Crippen molar-refractivity contribution in [3.8, 4) is 0 Å². The van der Waals surface area contributed by atoms with E-state index in [9.17, 15) is 14.7 Å². The number of rotatable bonds is 3. The number of ether oxygens (including phenoxy) is 1. The molecule has 1 N–H and O–H groups in total. The standard InChI is InChI=1S/C17H20N2O4/c1-3-18-10-13(17(21)22)16(20)12-8-11(2)14(9-15(12)18)19-4-6-23-7-5-19/h8-10H,3-7H2,1-2H3,(H,21,22). The Balaban J connectivity index is 2.24. The number of aryl methyl sites for hydroxylation is 2. The van der Waals surface area contributed by atoms with Crippen molar-refractivity contribution in [3.63, 3.8) is 0 Å². The van der Waals surface area contributed by atoms with Gasteiger partial charge in [0.2, 0.25) is 5.43 Å². The molecule has 3 rings (SSSR count). The number of carboxylic acids is 1. The van der Waals surface area contributed by atoms with E-state index in [1.165, 1.54) is 6.20 Å². The van der Waals surface area contributed by atoms with E-state index in [0.717, 1.165) is 29.9 Å². The van der Waals surface area contributed by atoms with Gasteiger partial charge in [-0.15, -0.1) is 0 Å². The number of nitrogens with zero attached hydrogens (tertiary/aromatic N) is 2. The summed E-state index contributed by atoms with van der Waals surface area (Å²) < 4.78 is 7.22. The lowest BCUT2D eigenvalue weighted by Crippen LogP contribution is -2.36. The first-order chi connectivity index (χ1) is 11.0. The molecule has 1 aromatic carbocycles. The summed E-state index contributed by atoms with van der Waals surface area (Å²) in [5, 5.41) is 9.70. The molecule has 0 radical (unpaired) electrons. The van der Waals surface area contributed by atoms with Crippen LogP contribution in [0.4, 0.5) is 5.69 Å². The smallest absolute Gasteiger partial charge is 0.341 e. The monoisotopic (exact) mass is 316 g/mol. The van der Waals surface area contributed by atoms with Gasteiger partial charge in [0.15, 0.2) is 0 Å². The average molecular weight is 316 g/mol. The van der Waals surface area contributed by atoms with Gasteiger partial charge >= 0.3 is 5.97 Å². The molecule has 122 valence electrons. The van der Waals surface area contributed by atoms with Crippen molar-refractivity contribution in [2.45, 2.75) is 20.4 Å². The molecule has 1 aliphatic heterocycles. The molecule has 0 unspecified atom stereocenters. The van der Waals surface area contributed by atoms with E-state index in [4.69, 9.17) is 4.74 Å². The molecule has 6 nitrogen and oxygen atoms in total. The van der Waals surface area contributed by atoms with Crippen LogP contribution in [-0.2, 0) is 11.3 Å². The van der Waals surface area contributed by atoms with Gasteiger partial charge in [-0.2, -0.15) is 0 Å². The van der Waals surface area contributed by atoms with E-state index in [1.54, 1.807) is 6.07 Å². The van der Waals surface area contributed by atoms with Gasteiger partial charge in [0.05, 0.1) is 18.7 Å². The quantitative estimate of drug-likeness (QED) is 0.936. The lowest BCUT2D eigenvalue weighted by Gasteiger charge is -2.30. The molecule has 0 bridgehead atoms. The summed E-state index contributed by atoms with van der Waals surface area (Å²) in [5.74, 6) is -1.19. The van der Waals surface area contributed by atoms with Gasteiger partial charge in [0.25, 0.3) is 0 Å². The lowest BCUT2D eigenvalue weighted by molar-refractivity contribution is 0.0695. The van der Waals surface area contributed by atoms with Gasteiger partial charge < -0.3 is 19.3 Å². The van der Waals surface area contributed by atoms with E-state index in [2.05, 4.69) is 4.90 Å². The normalized spacial score (nSPS) is 15.1. The summed E-state index contributed by atoms with van der Waals surface area (Å²) in [6.45, 7) is 7.50. The fraction of sp³-hybridized carbons (Fsp3) is 0.412. The van der Waals surface area contributed by atoms with Gasteiger partial charge in [0.1, 0.15) is 5.56 Å². The van der Waals surface area contributed by atoms with E-state index in [1.807, 2.05) is 24.5 Å². The minimum absolute atomic E-state index is 0.183. The van der Waals surface area contributed by atoms with Crippen LogP contribution in [0.25, 0.3) is 10.9 Å². The lowest BCUT2D eigenvalue weighted by atomic mass is 10.1. The highest BCUT2D eigenvalue weighted by molar-refractivity contribution is 5.94. The third kappa shape index (κ3) is 2.70. The molecule has 0 saturated carbocycles. The van der Waals surface area contributed by atoms with Gasteiger partial charge in [-0.1, -0.05) is 0 Å². The molecule has 1 saturated heterocycles. The van der Waals surface area contributed by atoms with E-state index >= 15 is 0 Å². The van der Waals surface area contributed by atoms with E-state index in [0.29, 0.717) is 25.1 Å². The molecule has 23 heavy (non-hydrogen) atoms. The van der Waals surface area contributed by atoms with E-state index < -0.39 is 11.4 Å². The number of aromatic carboxylic acids is 1. The number of aromatic nitrogens is 1. The molecule has 2 heterocycles. The third-order valence-electron chi connectivity index (χ3n) is 4.32. The van der Waals surface area contributed by atoms with Crippen molar-refractivity contribution >= 4 is 22.6 Å². The first kappa shape index (κ1) is 15.6. The summed E-state index contributed by atoms with van der Waals surface area (Å²) in [5.41, 5.74) is 2.22. The predicted molar refractivity (Wildman–Crippen MR) is 88.6 cm³/mol. The van der Waals surface area contributed by atoms with Crippen molar-refractivity contribution in [2.24, 2.45) is 0 Å². The van der Waals surface area contributed by atoms with Crippen LogP contribution in [0.5, 0.6) is 0 Å². The summed E-state index contributed by atoms with van der Waals surface area (Å²) in [6, 6.07) is 3.80. The fourth-order valence-corrected chi connectivity index (χ4v) is 3.09. The Morgan fingerprint density at radius 3 is 2.61 bits per heavy atom. The van der Waals surface area contributed by atoms with Gasteiger partial charge in [-0.05, 0) is 31.5 Å². The van der Waals surface area contributed by atoms with Crippen LogP contribution in [0.1, 0.15) is 22.8 Å². The van der Waals surface area contributed by atoms with Crippen LogP contribution in [0.3, 0.4) is 0 Å². The maximum atomic E-state index is 12.5. The number of fused-ring (bicyclic) bond motifs is 1. The Morgan fingerprint density at radius 2 is 2.00 bits per heavy atom. The second kappa shape index (κ2) is 6.04. The van der Waals surface area contributed by atoms with Gasteiger partial charge in [0, 0.05) is 36.9 Å². The number of hydrogen-bond donors (Lipinski definition) is 1. The summed E-state index contributed by atoms with van der Waals surface area (Å²) in [6.07, 6.45) is 1.44. The molecule has 1 aromatic heterocycles. The molecule has 6 heteroatoms. The minimum Gasteiger partial charge on any atom is -0.477 e. The Labute approximate surface area is 133 Å². The number of hydrogen-bond acceptors (Lipinski definition) is 4. The zero-order valence-electron chi connectivity index (χ0n) is 13.3. The number of benzene rings is 1. The zero-order chi connectivity index (χ0) is 16.6. The van der Waals surface area contributed by atoms with Crippen molar-refractivity contribution in [3.05, 3.63) is 39.7 Å². The van der Waals surface area contributed by atoms with Gasteiger partial charge in [-0.25, -0.2) is 4.79 Å². The first-order valence-electron chi connectivity index (χ1n) is 7.76. The molecular formula is C17H20N2O4. The molecule has 0 atom stereocenters. The summed E-state index contributed by atoms with van der Waals surface area (Å²) in [7, 11) is 0. The van der Waals surface area contributed by atoms with Crippen molar-refractivity contribution < 1.29 is 14.6 Å². The average Bonchev–Trinajstić information content (AvgIpc) is 2.55. The number of pyridine rings is 1. The largest absolute Gasteiger partial charge is 0.477 e. The van der Waals surface area contributed by atoms with Crippen molar-refractivity contribution in [2.75, 3.05) is 31.2 Å². The Kier molecular flexibility index (Phi) is 4.09. The van der Waals surface area contributed by atoms with E-state index in [-0.39, 0.29) is 5.56 Å². The third-order valence-corrected chi connectivity index (χ3v) is 4.32. The zero-order valence-corrected chi connectivity index (χ0v) is 13.3. The molecule has 1 fully saturated rings. The van der Waals surface area contributed by atoms with Crippen LogP contribution in [0.2, 0.25) is 0 Å². The Hall–Kier alpha value is -2.34. The van der Waals surface area contributed by atoms with Crippen LogP contribution in [0, 0.1) is 6.92 Å². The van der Waals surface area contributed by atoms with Crippen molar-refractivity contribution in [1.82, 2.24) is 4.57 Å². The van der Waals surface area contributed by atoms with Crippen LogP contribution < -0.4 is 10.3 Å². The summed E-state index contributed by atoms with van der Waals surface area (Å²) >= 11 is 0.